The van der Waals surface area contributed by atoms with Gasteiger partial charge in [-0.1, -0.05) is 36.4 Å². The molecule has 0 saturated carbocycles. The Morgan fingerprint density at radius 2 is 1.95 bits per heavy atom. The Bertz CT molecular complexity index is 647. The van der Waals surface area contributed by atoms with Gasteiger partial charge in [0.05, 0.1) is 17.7 Å². The molecule has 0 unspecified atom stereocenters. The van der Waals surface area contributed by atoms with Gasteiger partial charge in [0.25, 0.3) is 5.91 Å². The molecule has 2 aromatic rings. The van der Waals surface area contributed by atoms with Crippen molar-refractivity contribution < 1.29 is 9.90 Å². The third-order valence-corrected chi connectivity index (χ3v) is 3.07. The summed E-state index contributed by atoms with van der Waals surface area (Å²) in [6.07, 6.45) is -0.158. The zero-order valence-corrected chi connectivity index (χ0v) is 11.5. The number of amides is 1. The highest BCUT2D eigenvalue weighted by atomic mass is 16.3. The first kappa shape index (κ1) is 14.8. The molecule has 21 heavy (non-hydrogen) atoms. The minimum absolute atomic E-state index is 0.171. The normalized spacial score (nSPS) is 11.4. The lowest BCUT2D eigenvalue weighted by Gasteiger charge is -2.12. The molecule has 0 spiro atoms. The molecule has 1 atom stereocenters. The quantitative estimate of drug-likeness (QED) is 0.878. The van der Waals surface area contributed by atoms with Gasteiger partial charge in [0, 0.05) is 18.5 Å². The standard InChI is InChI=1S/C17H16N2O2/c18-11-14-7-4-8-15(9-14)17(21)19-12-16(20)10-13-5-2-1-3-6-13/h1-9,16,20H,10,12H2,(H,19,21)/t16-/m0/s1. The molecule has 4 nitrogen and oxygen atoms in total. The average molecular weight is 280 g/mol. The number of aliphatic hydroxyl groups excluding tert-OH is 1. The van der Waals surface area contributed by atoms with Gasteiger partial charge in [0.2, 0.25) is 0 Å². The Labute approximate surface area is 123 Å². The molecule has 0 aliphatic rings. The van der Waals surface area contributed by atoms with E-state index in [-0.39, 0.29) is 12.5 Å². The molecule has 0 saturated heterocycles. The minimum atomic E-state index is -0.643. The van der Waals surface area contributed by atoms with E-state index in [0.717, 1.165) is 5.56 Å². The summed E-state index contributed by atoms with van der Waals surface area (Å²) in [5, 5.41) is 21.4. The van der Waals surface area contributed by atoms with Crippen LogP contribution in [-0.2, 0) is 6.42 Å². The van der Waals surface area contributed by atoms with Gasteiger partial charge in [-0.15, -0.1) is 0 Å². The summed E-state index contributed by atoms with van der Waals surface area (Å²) >= 11 is 0. The Hall–Kier alpha value is -2.64. The topological polar surface area (TPSA) is 73.1 Å². The van der Waals surface area contributed by atoms with Crippen LogP contribution in [-0.4, -0.2) is 23.7 Å². The molecule has 2 N–H and O–H groups in total. The van der Waals surface area contributed by atoms with Crippen molar-refractivity contribution in [3.63, 3.8) is 0 Å². The van der Waals surface area contributed by atoms with Gasteiger partial charge in [-0.05, 0) is 23.8 Å². The first-order valence-electron chi connectivity index (χ1n) is 6.69. The van der Waals surface area contributed by atoms with Gasteiger partial charge in [-0.3, -0.25) is 4.79 Å². The SMILES string of the molecule is N#Cc1cccc(C(=O)NC[C@@H](O)Cc2ccccc2)c1. The van der Waals surface area contributed by atoms with Gasteiger partial charge < -0.3 is 10.4 Å². The highest BCUT2D eigenvalue weighted by molar-refractivity contribution is 5.94. The highest BCUT2D eigenvalue weighted by Gasteiger charge is 2.10. The van der Waals surface area contributed by atoms with Crippen molar-refractivity contribution in [3.05, 3.63) is 71.3 Å². The van der Waals surface area contributed by atoms with E-state index in [1.807, 2.05) is 36.4 Å². The molecule has 0 fully saturated rings. The first-order valence-corrected chi connectivity index (χ1v) is 6.69. The molecule has 2 rings (SSSR count). The van der Waals surface area contributed by atoms with Crippen molar-refractivity contribution in [1.29, 1.82) is 5.26 Å². The molecule has 0 aliphatic carbocycles. The fourth-order valence-corrected chi connectivity index (χ4v) is 2.00. The van der Waals surface area contributed by atoms with Crippen molar-refractivity contribution in [2.45, 2.75) is 12.5 Å². The van der Waals surface area contributed by atoms with E-state index in [1.165, 1.54) is 6.07 Å². The minimum Gasteiger partial charge on any atom is -0.391 e. The molecule has 1 amide bonds. The van der Waals surface area contributed by atoms with Crippen LogP contribution in [0.25, 0.3) is 0 Å². The maximum Gasteiger partial charge on any atom is 0.251 e. The second-order valence-electron chi connectivity index (χ2n) is 4.75. The molecular weight excluding hydrogens is 264 g/mol. The number of rotatable bonds is 5. The predicted molar refractivity (Wildman–Crippen MR) is 79.6 cm³/mol. The van der Waals surface area contributed by atoms with E-state index in [1.54, 1.807) is 18.2 Å². The Balaban J connectivity index is 1.87. The van der Waals surface area contributed by atoms with Crippen LogP contribution in [0.15, 0.2) is 54.6 Å². The second-order valence-corrected chi connectivity index (χ2v) is 4.75. The van der Waals surface area contributed by atoms with Crippen LogP contribution in [0.3, 0.4) is 0 Å². The lowest BCUT2D eigenvalue weighted by atomic mass is 10.1. The average Bonchev–Trinajstić information content (AvgIpc) is 2.53. The Morgan fingerprint density at radius 3 is 2.67 bits per heavy atom. The summed E-state index contributed by atoms with van der Waals surface area (Å²) in [5.74, 6) is -0.292. The van der Waals surface area contributed by atoms with E-state index < -0.39 is 6.10 Å². The number of hydrogen-bond acceptors (Lipinski definition) is 3. The summed E-state index contributed by atoms with van der Waals surface area (Å²) in [5.41, 5.74) is 1.87. The number of aliphatic hydroxyl groups is 1. The van der Waals surface area contributed by atoms with Gasteiger partial charge in [0.1, 0.15) is 0 Å². The van der Waals surface area contributed by atoms with Crippen LogP contribution in [0.2, 0.25) is 0 Å². The third-order valence-electron chi connectivity index (χ3n) is 3.07. The number of carbonyl (C=O) groups is 1. The largest absolute Gasteiger partial charge is 0.391 e. The van der Waals surface area contributed by atoms with E-state index in [2.05, 4.69) is 5.32 Å². The Morgan fingerprint density at radius 1 is 1.19 bits per heavy atom. The van der Waals surface area contributed by atoms with Gasteiger partial charge in [-0.2, -0.15) is 5.26 Å². The van der Waals surface area contributed by atoms with Crippen LogP contribution < -0.4 is 5.32 Å². The van der Waals surface area contributed by atoms with Crippen molar-refractivity contribution in [1.82, 2.24) is 5.32 Å². The smallest absolute Gasteiger partial charge is 0.251 e. The third kappa shape index (κ3) is 4.44. The molecule has 4 heteroatoms. The molecule has 0 bridgehead atoms. The van der Waals surface area contributed by atoms with Gasteiger partial charge in [0.15, 0.2) is 0 Å². The monoisotopic (exact) mass is 280 g/mol. The van der Waals surface area contributed by atoms with E-state index in [9.17, 15) is 9.90 Å². The van der Waals surface area contributed by atoms with E-state index in [0.29, 0.717) is 17.5 Å². The summed E-state index contributed by atoms with van der Waals surface area (Å²) in [6.45, 7) is 0.171. The Kier molecular flexibility index (Phi) is 5.08. The van der Waals surface area contributed by atoms with E-state index in [4.69, 9.17) is 5.26 Å². The lowest BCUT2D eigenvalue weighted by Crippen LogP contribution is -2.33. The van der Waals surface area contributed by atoms with Crippen molar-refractivity contribution in [2.24, 2.45) is 0 Å². The zero-order valence-electron chi connectivity index (χ0n) is 11.5. The predicted octanol–water partition coefficient (Wildman–Crippen LogP) is 1.89. The number of nitrogens with one attached hydrogen (secondary N) is 1. The van der Waals surface area contributed by atoms with E-state index >= 15 is 0 Å². The number of benzene rings is 2. The van der Waals surface area contributed by atoms with Crippen LogP contribution in [0.4, 0.5) is 0 Å². The maximum atomic E-state index is 11.9. The summed E-state index contributed by atoms with van der Waals surface area (Å²) < 4.78 is 0. The van der Waals surface area contributed by atoms with Crippen LogP contribution in [0.1, 0.15) is 21.5 Å². The molecular formula is C17H16N2O2. The first-order chi connectivity index (χ1) is 10.2. The van der Waals surface area contributed by atoms with Crippen LogP contribution in [0, 0.1) is 11.3 Å². The summed E-state index contributed by atoms with van der Waals surface area (Å²) in [7, 11) is 0. The molecule has 0 aliphatic heterocycles. The van der Waals surface area contributed by atoms with Gasteiger partial charge >= 0.3 is 0 Å². The lowest BCUT2D eigenvalue weighted by molar-refractivity contribution is 0.0916. The molecule has 0 aromatic heterocycles. The van der Waals surface area contributed by atoms with Crippen molar-refractivity contribution >= 4 is 5.91 Å². The number of carbonyl (C=O) groups excluding carboxylic acids is 1. The van der Waals surface area contributed by atoms with Crippen LogP contribution in [0.5, 0.6) is 0 Å². The second kappa shape index (κ2) is 7.22. The molecule has 0 radical (unpaired) electrons. The number of nitriles is 1. The fourth-order valence-electron chi connectivity index (χ4n) is 2.00. The summed E-state index contributed by atoms with van der Waals surface area (Å²) in [6, 6.07) is 18.1. The van der Waals surface area contributed by atoms with Crippen LogP contribution >= 0.6 is 0 Å². The van der Waals surface area contributed by atoms with Crippen molar-refractivity contribution in [2.75, 3.05) is 6.54 Å². The van der Waals surface area contributed by atoms with Crippen molar-refractivity contribution in [3.8, 4) is 6.07 Å². The number of nitrogens with zero attached hydrogens (tertiary/aromatic N) is 1. The zero-order chi connectivity index (χ0) is 15.1. The highest BCUT2D eigenvalue weighted by Crippen LogP contribution is 2.05. The molecule has 2 aromatic carbocycles. The number of hydrogen-bond donors (Lipinski definition) is 2. The molecule has 0 heterocycles. The van der Waals surface area contributed by atoms with Gasteiger partial charge in [-0.25, -0.2) is 0 Å². The fraction of sp³-hybridized carbons (Fsp3) is 0.176. The molecule has 106 valence electrons. The summed E-state index contributed by atoms with van der Waals surface area (Å²) in [4.78, 5) is 11.9. The maximum absolute atomic E-state index is 11.9.